The lowest BCUT2D eigenvalue weighted by Crippen LogP contribution is -2.35. The molecule has 0 spiro atoms. The largest absolute Gasteiger partial charge is 0.481 e. The van der Waals surface area contributed by atoms with Gasteiger partial charge in [-0.2, -0.15) is 0 Å². The van der Waals surface area contributed by atoms with Crippen LogP contribution in [0, 0.1) is 5.92 Å². The van der Waals surface area contributed by atoms with Gasteiger partial charge in [0.1, 0.15) is 10.8 Å². The van der Waals surface area contributed by atoms with Gasteiger partial charge in [0, 0.05) is 37.8 Å². The van der Waals surface area contributed by atoms with Crippen molar-refractivity contribution in [2.45, 2.75) is 38.0 Å². The third kappa shape index (κ3) is 5.07. The lowest BCUT2D eigenvalue weighted by molar-refractivity contribution is -0.134. The van der Waals surface area contributed by atoms with Crippen LogP contribution in [0.1, 0.15) is 43.5 Å². The number of ketones is 3. The number of benzene rings is 1. The van der Waals surface area contributed by atoms with E-state index in [1.807, 2.05) is 0 Å². The van der Waals surface area contributed by atoms with Gasteiger partial charge < -0.3 is 9.64 Å². The fourth-order valence-corrected chi connectivity index (χ4v) is 4.49. The van der Waals surface area contributed by atoms with Crippen molar-refractivity contribution in [1.29, 1.82) is 0 Å². The monoisotopic (exact) mass is 457 g/mol. The Bertz CT molecular complexity index is 967. The normalized spacial score (nSPS) is 15.2. The number of ether oxygens (including phenoxy) is 1. The molecule has 2 rings (SSSR count). The van der Waals surface area contributed by atoms with Crippen LogP contribution in [0.15, 0.2) is 17.0 Å². The molecule has 0 atom stereocenters. The van der Waals surface area contributed by atoms with Crippen molar-refractivity contribution < 1.29 is 32.3 Å². The highest BCUT2D eigenvalue weighted by Crippen LogP contribution is 2.37. The molecule has 0 heterocycles. The molecule has 8 nitrogen and oxygen atoms in total. The van der Waals surface area contributed by atoms with Gasteiger partial charge in [-0.05, 0) is 32.4 Å². The van der Waals surface area contributed by atoms with Crippen molar-refractivity contribution in [2.24, 2.45) is 5.92 Å². The number of carbonyl (C=O) groups is 4. The second kappa shape index (κ2) is 9.70. The van der Waals surface area contributed by atoms with E-state index in [1.165, 1.54) is 4.90 Å². The Kier molecular flexibility index (Phi) is 7.76. The number of Topliss-reactive ketones (excluding diaryl/α,β-unsaturated/α-hetero) is 3. The lowest BCUT2D eigenvalue weighted by atomic mass is 9.81. The maximum Gasteiger partial charge on any atom is 0.260 e. The Labute approximate surface area is 180 Å². The first-order valence-corrected chi connectivity index (χ1v) is 11.8. The van der Waals surface area contributed by atoms with Gasteiger partial charge in [-0.25, -0.2) is 8.42 Å². The van der Waals surface area contributed by atoms with E-state index in [0.29, 0.717) is 19.5 Å². The Morgan fingerprint density at radius 2 is 1.70 bits per heavy atom. The van der Waals surface area contributed by atoms with E-state index in [0.717, 1.165) is 18.4 Å². The second-order valence-electron chi connectivity index (χ2n) is 6.96. The zero-order valence-electron chi connectivity index (χ0n) is 17.1. The molecule has 0 unspecified atom stereocenters. The van der Waals surface area contributed by atoms with E-state index in [-0.39, 0.29) is 40.0 Å². The van der Waals surface area contributed by atoms with Gasteiger partial charge in [0.15, 0.2) is 39.5 Å². The van der Waals surface area contributed by atoms with Crippen LogP contribution in [-0.4, -0.2) is 62.5 Å². The fourth-order valence-electron chi connectivity index (χ4n) is 3.31. The molecular formula is C20H24ClNO7S. The first-order chi connectivity index (χ1) is 14.0. The summed E-state index contributed by atoms with van der Waals surface area (Å²) in [5.74, 6) is -3.95. The van der Waals surface area contributed by atoms with Crippen LogP contribution in [0.4, 0.5) is 0 Å². The number of carbonyl (C=O) groups excluding carboxylic acids is 4. The first-order valence-electron chi connectivity index (χ1n) is 9.55. The lowest BCUT2D eigenvalue weighted by Gasteiger charge is -2.21. The fraction of sp³-hybridized carbons (Fsp3) is 0.500. The smallest absolute Gasteiger partial charge is 0.260 e. The SMILES string of the molecule is CCN(CC)C(=O)COc1c(S(C)(=O)=O)ccc(C(=O)C2C(=O)CCCC2=O)c1Cl. The summed E-state index contributed by atoms with van der Waals surface area (Å²) in [6.07, 6.45) is 1.56. The highest BCUT2D eigenvalue weighted by Gasteiger charge is 2.38. The predicted molar refractivity (Wildman–Crippen MR) is 110 cm³/mol. The Morgan fingerprint density at radius 3 is 2.20 bits per heavy atom. The van der Waals surface area contributed by atoms with Crippen molar-refractivity contribution in [1.82, 2.24) is 4.90 Å². The van der Waals surface area contributed by atoms with E-state index in [4.69, 9.17) is 16.3 Å². The molecule has 0 aromatic heterocycles. The van der Waals surface area contributed by atoms with E-state index < -0.39 is 39.7 Å². The number of sulfone groups is 1. The molecular weight excluding hydrogens is 434 g/mol. The second-order valence-corrected chi connectivity index (χ2v) is 9.33. The maximum atomic E-state index is 12.9. The molecule has 164 valence electrons. The zero-order valence-corrected chi connectivity index (χ0v) is 18.6. The molecule has 30 heavy (non-hydrogen) atoms. The molecule has 1 amide bonds. The minimum absolute atomic E-state index is 0.114. The van der Waals surface area contributed by atoms with Crippen LogP contribution >= 0.6 is 11.6 Å². The van der Waals surface area contributed by atoms with Crippen LogP contribution in [0.5, 0.6) is 5.75 Å². The van der Waals surface area contributed by atoms with Gasteiger partial charge in [0.25, 0.3) is 5.91 Å². The van der Waals surface area contributed by atoms with Crippen LogP contribution in [0.25, 0.3) is 0 Å². The average Bonchev–Trinajstić information content (AvgIpc) is 2.66. The van der Waals surface area contributed by atoms with Crippen molar-refractivity contribution in [3.8, 4) is 5.75 Å². The summed E-state index contributed by atoms with van der Waals surface area (Å²) in [5.41, 5.74) is -0.192. The van der Waals surface area contributed by atoms with Gasteiger partial charge >= 0.3 is 0 Å². The predicted octanol–water partition coefficient (Wildman–Crippen LogP) is 2.11. The number of likely N-dealkylation sites (N-methyl/N-ethyl adjacent to an activating group) is 1. The Hall–Kier alpha value is -2.26. The topological polar surface area (TPSA) is 115 Å². The Balaban J connectivity index is 2.46. The van der Waals surface area contributed by atoms with Gasteiger partial charge in [0.05, 0.1) is 5.02 Å². The molecule has 1 fully saturated rings. The standard InChI is InChI=1S/C20H24ClNO7S/c1-4-22(5-2)16(25)11-29-20-15(30(3,27)28)10-9-12(18(20)21)19(26)17-13(23)7-6-8-14(17)24/h9-10,17H,4-8,11H2,1-3H3. The first kappa shape index (κ1) is 24.0. The number of rotatable bonds is 8. The number of hydrogen-bond acceptors (Lipinski definition) is 7. The summed E-state index contributed by atoms with van der Waals surface area (Å²) in [4.78, 5) is 50.6. The summed E-state index contributed by atoms with van der Waals surface area (Å²) in [6, 6.07) is 2.29. The Morgan fingerprint density at radius 1 is 1.13 bits per heavy atom. The van der Waals surface area contributed by atoms with E-state index in [9.17, 15) is 27.6 Å². The van der Waals surface area contributed by atoms with Crippen molar-refractivity contribution in [2.75, 3.05) is 26.0 Å². The van der Waals surface area contributed by atoms with Gasteiger partial charge in [-0.15, -0.1) is 0 Å². The van der Waals surface area contributed by atoms with Crippen molar-refractivity contribution in [3.63, 3.8) is 0 Å². The molecule has 0 bridgehead atoms. The number of halogens is 1. The third-order valence-electron chi connectivity index (χ3n) is 4.93. The van der Waals surface area contributed by atoms with E-state index in [2.05, 4.69) is 0 Å². The molecule has 0 saturated heterocycles. The molecule has 1 aliphatic carbocycles. The minimum atomic E-state index is -3.80. The van der Waals surface area contributed by atoms with Crippen LogP contribution in [0.2, 0.25) is 5.02 Å². The summed E-state index contributed by atoms with van der Waals surface area (Å²) in [5, 5.41) is -0.346. The van der Waals surface area contributed by atoms with Crippen molar-refractivity contribution in [3.05, 3.63) is 22.7 Å². The zero-order chi connectivity index (χ0) is 22.6. The molecule has 1 aliphatic rings. The van der Waals surface area contributed by atoms with Gasteiger partial charge in [-0.3, -0.25) is 19.2 Å². The molecule has 1 aromatic rings. The van der Waals surface area contributed by atoms with E-state index >= 15 is 0 Å². The molecule has 0 aliphatic heterocycles. The molecule has 0 N–H and O–H groups in total. The average molecular weight is 458 g/mol. The minimum Gasteiger partial charge on any atom is -0.481 e. The summed E-state index contributed by atoms with van der Waals surface area (Å²) >= 11 is 6.30. The highest BCUT2D eigenvalue weighted by molar-refractivity contribution is 7.90. The van der Waals surface area contributed by atoms with Crippen LogP contribution in [-0.2, 0) is 24.2 Å². The third-order valence-corrected chi connectivity index (χ3v) is 6.43. The summed E-state index contributed by atoms with van der Waals surface area (Å²) in [7, 11) is -3.80. The van der Waals surface area contributed by atoms with Crippen LogP contribution < -0.4 is 4.74 Å². The van der Waals surface area contributed by atoms with Crippen LogP contribution in [0.3, 0.4) is 0 Å². The number of nitrogens with zero attached hydrogens (tertiary/aromatic N) is 1. The molecule has 1 aromatic carbocycles. The number of hydrogen-bond donors (Lipinski definition) is 0. The van der Waals surface area contributed by atoms with Crippen molar-refractivity contribution >= 4 is 44.7 Å². The van der Waals surface area contributed by atoms with Gasteiger partial charge in [-0.1, -0.05) is 11.6 Å². The summed E-state index contributed by atoms with van der Waals surface area (Å²) in [6.45, 7) is 3.97. The van der Waals surface area contributed by atoms with E-state index in [1.54, 1.807) is 13.8 Å². The quantitative estimate of drug-likeness (QED) is 0.433. The molecule has 0 radical (unpaired) electrons. The maximum absolute atomic E-state index is 12.9. The highest BCUT2D eigenvalue weighted by atomic mass is 35.5. The number of amides is 1. The molecule has 10 heteroatoms. The molecule has 1 saturated carbocycles. The van der Waals surface area contributed by atoms with Gasteiger partial charge in [0.2, 0.25) is 0 Å². The summed E-state index contributed by atoms with van der Waals surface area (Å²) < 4.78 is 29.8.